The minimum absolute atomic E-state index is 0.0997. The lowest BCUT2D eigenvalue weighted by molar-refractivity contribution is -0.161. The zero-order chi connectivity index (χ0) is 63.8. The lowest BCUT2D eigenvalue weighted by Gasteiger charge is -2.21. The van der Waals surface area contributed by atoms with Crippen molar-refractivity contribution in [3.05, 3.63) is 122 Å². The third kappa shape index (κ3) is 63.3. The van der Waals surface area contributed by atoms with E-state index in [9.17, 15) is 43.5 Å². The van der Waals surface area contributed by atoms with Gasteiger partial charge in [-0.3, -0.25) is 32.5 Å². The minimum Gasteiger partial charge on any atom is -0.463 e. The summed E-state index contributed by atoms with van der Waals surface area (Å²) >= 11 is 0. The van der Waals surface area contributed by atoms with Gasteiger partial charge in [0.15, 0.2) is 6.10 Å². The molecule has 0 saturated heterocycles. The number of allylic oxidation sites excluding steroid dienone is 20. The lowest BCUT2D eigenvalue weighted by atomic mass is 10.1. The normalized spacial score (nSPS) is 15.1. The maximum atomic E-state index is 12.9. The van der Waals surface area contributed by atoms with Gasteiger partial charge in [0.2, 0.25) is 0 Å². The maximum Gasteiger partial charge on any atom is 0.472 e. The highest BCUT2D eigenvalue weighted by Gasteiger charge is 2.29. The first-order valence-corrected chi connectivity index (χ1v) is 35.8. The molecule has 16 nitrogen and oxygen atoms in total. The van der Waals surface area contributed by atoms with E-state index in [0.29, 0.717) is 19.3 Å². The van der Waals surface area contributed by atoms with E-state index in [1.54, 1.807) is 0 Å². The van der Waals surface area contributed by atoms with Crippen molar-refractivity contribution in [2.24, 2.45) is 0 Å². The highest BCUT2D eigenvalue weighted by Crippen LogP contribution is 2.45. The van der Waals surface area contributed by atoms with Gasteiger partial charge in [-0.1, -0.05) is 232 Å². The Hall–Kier alpha value is -4.05. The fourth-order valence-corrected chi connectivity index (χ4v) is 9.80. The van der Waals surface area contributed by atoms with Crippen molar-refractivity contribution in [2.45, 2.75) is 257 Å². The van der Waals surface area contributed by atoms with Crippen molar-refractivity contribution >= 4 is 33.6 Å². The number of hydrogen-bond donors (Lipinski definition) is 4. The summed E-state index contributed by atoms with van der Waals surface area (Å²) in [7, 11) is -9.79. The minimum atomic E-state index is -4.93. The number of carbonyl (C=O) groups is 3. The van der Waals surface area contributed by atoms with E-state index in [4.69, 9.17) is 32.3 Å². The van der Waals surface area contributed by atoms with Crippen LogP contribution >= 0.6 is 15.6 Å². The molecule has 5 unspecified atom stereocenters. The zero-order valence-electron chi connectivity index (χ0n) is 53.6. The number of rotatable bonds is 61. The van der Waals surface area contributed by atoms with E-state index in [2.05, 4.69) is 142 Å². The Morgan fingerprint density at radius 2 is 0.609 bits per heavy atom. The summed E-state index contributed by atoms with van der Waals surface area (Å²) in [5, 5.41) is 20.5. The molecule has 0 aliphatic carbocycles. The quantitative estimate of drug-likeness (QED) is 0.0146. The van der Waals surface area contributed by atoms with Gasteiger partial charge >= 0.3 is 33.6 Å². The number of unbranched alkanes of at least 4 members (excludes halogenated alkanes) is 18. The van der Waals surface area contributed by atoms with Crippen LogP contribution in [0, 0.1) is 0 Å². The SMILES string of the molecule is CC/C=C\C/C=C\C/C=C\C/C=C\C/C=C\C/C=C\CCCCC(=O)OCC(O)COP(=O)(O)OCC(O)COP(=O)(O)OCC(COC(=O)CCCCCCCC/C=C\C/C=C\C/C=C\C/C=C\CC)OC(=O)CCCCCCCCCCCCC. The van der Waals surface area contributed by atoms with Crippen LogP contribution in [0.1, 0.15) is 239 Å². The molecule has 0 amide bonds. The summed E-state index contributed by atoms with van der Waals surface area (Å²) in [6, 6.07) is 0. The molecule has 18 heteroatoms. The molecular formula is C69H116O16P2. The molecule has 5 atom stereocenters. The second-order valence-corrected chi connectivity index (χ2v) is 24.4. The van der Waals surface area contributed by atoms with Gasteiger partial charge in [-0.25, -0.2) is 9.13 Å². The molecule has 0 rings (SSSR count). The molecule has 0 aliphatic heterocycles. The van der Waals surface area contributed by atoms with E-state index in [-0.39, 0.29) is 19.3 Å². The van der Waals surface area contributed by atoms with Crippen molar-refractivity contribution in [3.63, 3.8) is 0 Å². The van der Waals surface area contributed by atoms with Crippen LogP contribution in [0.3, 0.4) is 0 Å². The highest BCUT2D eigenvalue weighted by molar-refractivity contribution is 7.47. The largest absolute Gasteiger partial charge is 0.472 e. The Balaban J connectivity index is 4.65. The molecule has 0 fully saturated rings. The van der Waals surface area contributed by atoms with Crippen LogP contribution in [0.2, 0.25) is 0 Å². The summed E-state index contributed by atoms with van der Waals surface area (Å²) in [6.07, 6.45) is 69.8. The van der Waals surface area contributed by atoms with Crippen molar-refractivity contribution in [1.82, 2.24) is 0 Å². The van der Waals surface area contributed by atoms with E-state index >= 15 is 0 Å². The third-order valence-electron chi connectivity index (χ3n) is 13.2. The van der Waals surface area contributed by atoms with E-state index in [0.717, 1.165) is 141 Å². The number of ether oxygens (including phenoxy) is 3. The number of aliphatic hydroxyl groups excluding tert-OH is 2. The topological polar surface area (TPSA) is 231 Å². The number of esters is 3. The Kier molecular flexibility index (Phi) is 59.3. The molecule has 0 saturated carbocycles. The van der Waals surface area contributed by atoms with Gasteiger partial charge in [0.1, 0.15) is 25.4 Å². The fraction of sp³-hybridized carbons (Fsp3) is 0.667. The zero-order valence-corrected chi connectivity index (χ0v) is 55.4. The Bertz CT molecular complexity index is 2070. The van der Waals surface area contributed by atoms with Crippen molar-refractivity contribution in [2.75, 3.05) is 39.6 Å². The predicted molar refractivity (Wildman–Crippen MR) is 353 cm³/mol. The molecule has 0 bridgehead atoms. The molecule has 0 aromatic heterocycles. The molecule has 0 radical (unpaired) electrons. The van der Waals surface area contributed by atoms with Crippen LogP contribution in [0.4, 0.5) is 0 Å². The Morgan fingerprint density at radius 1 is 0.333 bits per heavy atom. The first-order chi connectivity index (χ1) is 42.2. The van der Waals surface area contributed by atoms with Crippen LogP contribution in [-0.4, -0.2) is 95.9 Å². The second kappa shape index (κ2) is 62.2. The van der Waals surface area contributed by atoms with Gasteiger partial charge in [0, 0.05) is 19.3 Å². The number of hydrogen-bond acceptors (Lipinski definition) is 14. The maximum absolute atomic E-state index is 12.9. The summed E-state index contributed by atoms with van der Waals surface area (Å²) < 4.78 is 60.7. The van der Waals surface area contributed by atoms with Gasteiger partial charge in [-0.15, -0.1) is 0 Å². The number of phosphoric acid groups is 2. The molecule has 0 aromatic carbocycles. The van der Waals surface area contributed by atoms with Gasteiger partial charge in [-0.2, -0.15) is 0 Å². The fourth-order valence-electron chi connectivity index (χ4n) is 8.21. The average Bonchev–Trinajstić information content (AvgIpc) is 3.57. The number of phosphoric ester groups is 2. The summed E-state index contributed by atoms with van der Waals surface area (Å²) in [4.78, 5) is 58.2. The summed E-state index contributed by atoms with van der Waals surface area (Å²) in [5.74, 6) is -1.64. The van der Waals surface area contributed by atoms with Crippen LogP contribution < -0.4 is 0 Å². The summed E-state index contributed by atoms with van der Waals surface area (Å²) in [6.45, 7) is 2.34. The van der Waals surface area contributed by atoms with E-state index in [1.165, 1.54) is 38.5 Å². The molecule has 0 aromatic rings. The smallest absolute Gasteiger partial charge is 0.463 e. The van der Waals surface area contributed by atoms with Gasteiger partial charge in [0.05, 0.1) is 26.4 Å². The van der Waals surface area contributed by atoms with Gasteiger partial charge < -0.3 is 34.2 Å². The molecule has 0 heterocycles. The van der Waals surface area contributed by atoms with E-state index in [1.807, 2.05) is 0 Å². The van der Waals surface area contributed by atoms with Crippen molar-refractivity contribution < 1.29 is 75.8 Å². The third-order valence-corrected chi connectivity index (χ3v) is 15.1. The summed E-state index contributed by atoms with van der Waals surface area (Å²) in [5.41, 5.74) is 0. The monoisotopic (exact) mass is 1260 g/mol. The van der Waals surface area contributed by atoms with Crippen LogP contribution in [0.15, 0.2) is 122 Å². The van der Waals surface area contributed by atoms with Crippen molar-refractivity contribution in [1.29, 1.82) is 0 Å². The highest BCUT2D eigenvalue weighted by atomic mass is 31.2. The Labute approximate surface area is 525 Å². The first kappa shape index (κ1) is 83.0. The average molecular weight is 1260 g/mol. The molecular weight excluding hydrogens is 1150 g/mol. The van der Waals surface area contributed by atoms with Crippen LogP contribution in [0.25, 0.3) is 0 Å². The molecule has 0 aliphatic rings. The molecule has 4 N–H and O–H groups in total. The first-order valence-electron chi connectivity index (χ1n) is 32.8. The molecule has 498 valence electrons. The standard InChI is InChI=1S/C69H116O16P2/c1-4-7-10-13-16-19-22-24-26-28-30-31-33-35-36-38-41-43-46-49-52-55-67(72)79-58-64(70)59-81-86(75,76)82-60-65(71)61-83-87(77,78)84-63-66(85-69(74)57-54-51-48-45-40-21-18-15-12-9-6-3)62-80-68(73)56-53-50-47-44-42-39-37-34-32-29-27-25-23-20-17-14-11-8-5-2/h7-8,10-11,16-17,19-20,24-27,30-32,34-36,41,43,64-66,70-71H,4-6,9,12-15,18,21-23,28-29,33,37-40,42,44-63H2,1-3H3,(H,75,76)(H,77,78)/b10-7-,11-8-,19-16-,20-17-,26-24-,27-25-,31-30-,34-32-,36-35-,43-41-. The lowest BCUT2D eigenvalue weighted by Crippen LogP contribution is -2.30. The number of carbonyl (C=O) groups excluding carboxylic acids is 3. The Morgan fingerprint density at radius 3 is 0.989 bits per heavy atom. The second-order valence-electron chi connectivity index (χ2n) is 21.5. The van der Waals surface area contributed by atoms with Gasteiger partial charge in [-0.05, 0) is 109 Å². The van der Waals surface area contributed by atoms with Crippen LogP contribution in [0.5, 0.6) is 0 Å². The van der Waals surface area contributed by atoms with Crippen molar-refractivity contribution in [3.8, 4) is 0 Å². The predicted octanol–water partition coefficient (Wildman–Crippen LogP) is 17.9. The van der Waals surface area contributed by atoms with E-state index < -0.39 is 91.5 Å². The molecule has 0 spiro atoms. The van der Waals surface area contributed by atoms with Crippen LogP contribution in [-0.2, 0) is 55.8 Å². The number of aliphatic hydroxyl groups is 2. The molecule has 87 heavy (non-hydrogen) atoms. The van der Waals surface area contributed by atoms with Gasteiger partial charge in [0.25, 0.3) is 0 Å².